The molecule has 1 fully saturated rings. The molecule has 114 valence electrons. The van der Waals surface area contributed by atoms with E-state index in [4.69, 9.17) is 10.1 Å². The average Bonchev–Trinajstić information content (AvgIpc) is 3.32. The van der Waals surface area contributed by atoms with Gasteiger partial charge in [-0.15, -0.1) is 0 Å². The van der Waals surface area contributed by atoms with Gasteiger partial charge >= 0.3 is 5.69 Å². The second-order valence-electron chi connectivity index (χ2n) is 5.27. The van der Waals surface area contributed by atoms with Crippen molar-refractivity contribution >= 4 is 5.90 Å². The molecule has 0 unspecified atom stereocenters. The first-order valence-electron chi connectivity index (χ1n) is 7.06. The van der Waals surface area contributed by atoms with Crippen molar-refractivity contribution in [2.45, 2.75) is 25.4 Å². The van der Waals surface area contributed by atoms with Crippen LogP contribution in [0.25, 0.3) is 5.69 Å². The normalized spacial score (nSPS) is 13.9. The third-order valence-corrected chi connectivity index (χ3v) is 3.71. The van der Waals surface area contributed by atoms with E-state index in [0.717, 1.165) is 24.0 Å². The van der Waals surface area contributed by atoms with Gasteiger partial charge in [-0.1, -0.05) is 18.7 Å². The standard InChI is InChI=1S/C15H17N5O2/c1-3-14(16)22-9-12-11(10-7-8-10)5-4-6-13(12)20-15(21)19(2)17-18-20/h3-6,10,16H,1,7-9H2,2H3. The van der Waals surface area contributed by atoms with Crippen LogP contribution in [0.5, 0.6) is 0 Å². The van der Waals surface area contributed by atoms with Gasteiger partial charge in [0.2, 0.25) is 5.90 Å². The lowest BCUT2D eigenvalue weighted by Gasteiger charge is -2.14. The minimum absolute atomic E-state index is 0.00282. The summed E-state index contributed by atoms with van der Waals surface area (Å²) in [6, 6.07) is 5.77. The van der Waals surface area contributed by atoms with Crippen molar-refractivity contribution in [2.24, 2.45) is 7.05 Å². The van der Waals surface area contributed by atoms with E-state index >= 15 is 0 Å². The number of tetrazole rings is 1. The first-order chi connectivity index (χ1) is 10.6. The number of hydrogen-bond donors (Lipinski definition) is 1. The van der Waals surface area contributed by atoms with Crippen LogP contribution in [-0.2, 0) is 18.4 Å². The topological polar surface area (TPSA) is 85.8 Å². The van der Waals surface area contributed by atoms with Crippen LogP contribution in [0.2, 0.25) is 0 Å². The van der Waals surface area contributed by atoms with Crippen LogP contribution in [0.4, 0.5) is 0 Å². The van der Waals surface area contributed by atoms with Gasteiger partial charge in [-0.05, 0) is 46.9 Å². The second kappa shape index (κ2) is 5.59. The Hall–Kier alpha value is -2.70. The molecule has 0 aliphatic heterocycles. The fourth-order valence-corrected chi connectivity index (χ4v) is 2.40. The second-order valence-corrected chi connectivity index (χ2v) is 5.27. The number of aromatic nitrogens is 4. The van der Waals surface area contributed by atoms with E-state index in [1.54, 1.807) is 7.05 Å². The van der Waals surface area contributed by atoms with Crippen molar-refractivity contribution in [2.75, 3.05) is 0 Å². The van der Waals surface area contributed by atoms with Gasteiger partial charge in [-0.25, -0.2) is 4.79 Å². The van der Waals surface area contributed by atoms with Crippen LogP contribution in [0.15, 0.2) is 35.6 Å². The van der Waals surface area contributed by atoms with Crippen molar-refractivity contribution in [1.29, 1.82) is 5.41 Å². The molecule has 0 bridgehead atoms. The minimum Gasteiger partial charge on any atom is -0.473 e. The molecule has 0 atom stereocenters. The first-order valence-corrected chi connectivity index (χ1v) is 7.06. The van der Waals surface area contributed by atoms with Crippen LogP contribution in [0.3, 0.4) is 0 Å². The molecule has 1 aliphatic rings. The van der Waals surface area contributed by atoms with E-state index < -0.39 is 0 Å². The van der Waals surface area contributed by atoms with Crippen molar-refractivity contribution in [3.8, 4) is 5.69 Å². The smallest absolute Gasteiger partial charge is 0.368 e. The average molecular weight is 299 g/mol. The summed E-state index contributed by atoms with van der Waals surface area (Å²) in [7, 11) is 1.56. The highest BCUT2D eigenvalue weighted by Gasteiger charge is 2.28. The SMILES string of the molecule is C=CC(=N)OCc1c(C2CC2)cccc1-n1nnn(C)c1=O. The number of nitrogens with one attached hydrogen (secondary N) is 1. The van der Waals surface area contributed by atoms with Gasteiger partial charge in [0.25, 0.3) is 0 Å². The first kappa shape index (κ1) is 14.2. The number of nitrogens with zero attached hydrogens (tertiary/aromatic N) is 4. The summed E-state index contributed by atoms with van der Waals surface area (Å²) >= 11 is 0. The van der Waals surface area contributed by atoms with Crippen molar-refractivity contribution in [3.05, 3.63) is 52.5 Å². The summed E-state index contributed by atoms with van der Waals surface area (Å²) < 4.78 is 7.85. The van der Waals surface area contributed by atoms with Gasteiger partial charge < -0.3 is 4.74 Å². The highest BCUT2D eigenvalue weighted by atomic mass is 16.5. The van der Waals surface area contributed by atoms with E-state index in [1.807, 2.05) is 18.2 Å². The van der Waals surface area contributed by atoms with Gasteiger partial charge in [-0.3, -0.25) is 5.41 Å². The van der Waals surface area contributed by atoms with E-state index in [2.05, 4.69) is 17.0 Å². The molecule has 1 aliphatic carbocycles. The Bertz CT molecular complexity index is 785. The number of aryl methyl sites for hydroxylation is 1. The van der Waals surface area contributed by atoms with Crippen LogP contribution < -0.4 is 5.69 Å². The van der Waals surface area contributed by atoms with E-state index in [9.17, 15) is 4.79 Å². The maximum Gasteiger partial charge on any atom is 0.368 e. The third-order valence-electron chi connectivity index (χ3n) is 3.71. The lowest BCUT2D eigenvalue weighted by atomic mass is 10.0. The molecule has 1 aromatic heterocycles. The molecule has 0 amide bonds. The summed E-state index contributed by atoms with van der Waals surface area (Å²) in [6.45, 7) is 3.71. The molecule has 1 saturated carbocycles. The fourth-order valence-electron chi connectivity index (χ4n) is 2.40. The van der Waals surface area contributed by atoms with Crippen LogP contribution in [-0.4, -0.2) is 25.7 Å². The molecule has 3 rings (SSSR count). The van der Waals surface area contributed by atoms with Crippen molar-refractivity contribution in [1.82, 2.24) is 19.8 Å². The maximum atomic E-state index is 12.1. The summed E-state index contributed by atoms with van der Waals surface area (Å²) in [5.41, 5.74) is 2.36. The van der Waals surface area contributed by atoms with E-state index in [0.29, 0.717) is 11.6 Å². The molecule has 1 aromatic carbocycles. The Morgan fingerprint density at radius 2 is 2.27 bits per heavy atom. The molecule has 1 heterocycles. The van der Waals surface area contributed by atoms with Gasteiger partial charge in [0.05, 0.1) is 5.69 Å². The molecule has 0 radical (unpaired) electrons. The Kier molecular flexibility index (Phi) is 3.62. The zero-order valence-corrected chi connectivity index (χ0v) is 12.3. The molecule has 1 N–H and O–H groups in total. The molecule has 0 spiro atoms. The lowest BCUT2D eigenvalue weighted by Crippen LogP contribution is -2.23. The molecule has 7 nitrogen and oxygen atoms in total. The predicted octanol–water partition coefficient (Wildman–Crippen LogP) is 1.52. The molecule has 2 aromatic rings. The number of ether oxygens (including phenoxy) is 1. The number of rotatable bonds is 5. The highest BCUT2D eigenvalue weighted by molar-refractivity contribution is 5.84. The summed E-state index contributed by atoms with van der Waals surface area (Å²) in [5, 5.41) is 15.2. The molecular formula is C15H17N5O2. The zero-order chi connectivity index (χ0) is 15.7. The molecule has 0 saturated heterocycles. The van der Waals surface area contributed by atoms with Crippen molar-refractivity contribution < 1.29 is 4.74 Å². The summed E-state index contributed by atoms with van der Waals surface area (Å²) in [6.07, 6.45) is 3.60. The fraction of sp³-hybridized carbons (Fsp3) is 0.333. The predicted molar refractivity (Wildman–Crippen MR) is 81.3 cm³/mol. The quantitative estimate of drug-likeness (QED) is 0.670. The zero-order valence-electron chi connectivity index (χ0n) is 12.3. The van der Waals surface area contributed by atoms with Gasteiger partial charge in [0, 0.05) is 12.6 Å². The molecule has 22 heavy (non-hydrogen) atoms. The highest BCUT2D eigenvalue weighted by Crippen LogP contribution is 2.42. The third kappa shape index (κ3) is 2.57. The Morgan fingerprint density at radius 1 is 1.50 bits per heavy atom. The Morgan fingerprint density at radius 3 is 2.86 bits per heavy atom. The Balaban J connectivity index is 2.06. The largest absolute Gasteiger partial charge is 0.473 e. The minimum atomic E-state index is -0.312. The lowest BCUT2D eigenvalue weighted by molar-refractivity contribution is 0.291. The van der Waals surface area contributed by atoms with Crippen LogP contribution >= 0.6 is 0 Å². The van der Waals surface area contributed by atoms with Gasteiger partial charge in [0.15, 0.2) is 0 Å². The molecule has 7 heteroatoms. The Labute approximate surface area is 127 Å². The van der Waals surface area contributed by atoms with Crippen LogP contribution in [0, 0.1) is 5.41 Å². The van der Waals surface area contributed by atoms with Gasteiger partial charge in [0.1, 0.15) is 6.61 Å². The van der Waals surface area contributed by atoms with E-state index in [-0.39, 0.29) is 18.2 Å². The summed E-state index contributed by atoms with van der Waals surface area (Å²) in [5.74, 6) is 0.492. The number of hydrogen-bond acceptors (Lipinski definition) is 5. The monoisotopic (exact) mass is 299 g/mol. The van der Waals surface area contributed by atoms with E-state index in [1.165, 1.54) is 15.4 Å². The van der Waals surface area contributed by atoms with Crippen molar-refractivity contribution in [3.63, 3.8) is 0 Å². The summed E-state index contributed by atoms with van der Waals surface area (Å²) in [4.78, 5) is 12.1. The van der Waals surface area contributed by atoms with Crippen LogP contribution in [0.1, 0.15) is 29.9 Å². The number of benzene rings is 1. The maximum absolute atomic E-state index is 12.1. The molecular weight excluding hydrogens is 282 g/mol. The van der Waals surface area contributed by atoms with Gasteiger partial charge in [-0.2, -0.15) is 9.36 Å².